The van der Waals surface area contributed by atoms with E-state index >= 15 is 0 Å². The van der Waals surface area contributed by atoms with Crippen molar-refractivity contribution in [2.75, 3.05) is 10.2 Å². The van der Waals surface area contributed by atoms with Gasteiger partial charge in [0.05, 0.1) is 0 Å². The molecule has 0 amide bonds. The molecular formula is C18H22N4. The monoisotopic (exact) mass is 294 g/mol. The summed E-state index contributed by atoms with van der Waals surface area (Å²) in [6, 6.07) is 11.7. The van der Waals surface area contributed by atoms with E-state index in [1.807, 2.05) is 0 Å². The van der Waals surface area contributed by atoms with Crippen LogP contribution in [0.15, 0.2) is 36.7 Å². The van der Waals surface area contributed by atoms with Gasteiger partial charge in [-0.15, -0.1) is 0 Å². The van der Waals surface area contributed by atoms with Gasteiger partial charge >= 0.3 is 0 Å². The van der Waals surface area contributed by atoms with Crippen LogP contribution in [-0.2, 0) is 6.42 Å². The average Bonchev–Trinajstić information content (AvgIpc) is 3.14. The highest BCUT2D eigenvalue weighted by Gasteiger charge is 2.28. The van der Waals surface area contributed by atoms with Crippen LogP contribution in [0, 0.1) is 0 Å². The molecule has 2 aliphatic rings. The fraction of sp³-hybridized carbons (Fsp3) is 0.444. The van der Waals surface area contributed by atoms with Gasteiger partial charge in [-0.25, -0.2) is 9.97 Å². The number of nitrogens with zero attached hydrogens (tertiary/aromatic N) is 3. The Hall–Kier alpha value is -2.10. The number of hydrogen-bond donors (Lipinski definition) is 1. The largest absolute Gasteiger partial charge is 0.367 e. The van der Waals surface area contributed by atoms with Crippen LogP contribution in [0.25, 0.3) is 0 Å². The van der Waals surface area contributed by atoms with E-state index in [9.17, 15) is 0 Å². The lowest BCUT2D eigenvalue weighted by Crippen LogP contribution is -2.25. The van der Waals surface area contributed by atoms with E-state index in [4.69, 9.17) is 0 Å². The van der Waals surface area contributed by atoms with Gasteiger partial charge in [0.25, 0.3) is 0 Å². The van der Waals surface area contributed by atoms with Crippen molar-refractivity contribution in [2.24, 2.45) is 0 Å². The van der Waals surface area contributed by atoms with E-state index in [1.165, 1.54) is 36.9 Å². The third kappa shape index (κ3) is 2.43. The molecule has 0 saturated heterocycles. The summed E-state index contributed by atoms with van der Waals surface area (Å²) in [6.45, 7) is 2.26. The normalized spacial score (nSPS) is 21.1. The number of anilines is 3. The zero-order valence-corrected chi connectivity index (χ0v) is 13.0. The standard InChI is InChI=1S/C18H22N4/c1-13-10-14-6-2-5-9-16(14)22(13)18-11-17(19-12-20-18)21-15-7-3-4-8-15/h2,5-6,9,11-13,15H,3-4,7-8,10H2,1H3,(H,19,20,21). The van der Waals surface area contributed by atoms with Crippen LogP contribution < -0.4 is 10.2 Å². The summed E-state index contributed by atoms with van der Waals surface area (Å²) in [6.07, 6.45) is 7.91. The zero-order valence-electron chi connectivity index (χ0n) is 13.0. The molecule has 2 heterocycles. The van der Waals surface area contributed by atoms with Crippen LogP contribution >= 0.6 is 0 Å². The molecule has 1 aromatic carbocycles. The number of benzene rings is 1. The molecule has 1 aromatic heterocycles. The highest BCUT2D eigenvalue weighted by molar-refractivity contribution is 5.70. The van der Waals surface area contributed by atoms with Gasteiger partial charge in [0.2, 0.25) is 0 Å². The molecule has 1 aliphatic heterocycles. The van der Waals surface area contributed by atoms with Gasteiger partial charge in [0, 0.05) is 23.8 Å². The van der Waals surface area contributed by atoms with Gasteiger partial charge in [0.1, 0.15) is 18.0 Å². The van der Waals surface area contributed by atoms with Crippen molar-refractivity contribution in [3.05, 3.63) is 42.2 Å². The van der Waals surface area contributed by atoms with Gasteiger partial charge in [-0.05, 0) is 37.8 Å². The summed E-state index contributed by atoms with van der Waals surface area (Å²) in [5.74, 6) is 1.95. The molecule has 1 fully saturated rings. The fourth-order valence-electron chi connectivity index (χ4n) is 3.75. The Morgan fingerprint density at radius 3 is 2.82 bits per heavy atom. The van der Waals surface area contributed by atoms with Crippen molar-refractivity contribution >= 4 is 17.3 Å². The first-order valence-corrected chi connectivity index (χ1v) is 8.27. The van der Waals surface area contributed by atoms with Crippen LogP contribution in [0.5, 0.6) is 0 Å². The van der Waals surface area contributed by atoms with Crippen molar-refractivity contribution in [3.8, 4) is 0 Å². The lowest BCUT2D eigenvalue weighted by molar-refractivity contribution is 0.740. The maximum atomic E-state index is 4.52. The molecule has 1 aliphatic carbocycles. The van der Waals surface area contributed by atoms with Gasteiger partial charge < -0.3 is 10.2 Å². The van der Waals surface area contributed by atoms with Crippen molar-refractivity contribution in [1.82, 2.24) is 9.97 Å². The number of fused-ring (bicyclic) bond motifs is 1. The number of nitrogens with one attached hydrogen (secondary N) is 1. The topological polar surface area (TPSA) is 41.0 Å². The van der Waals surface area contributed by atoms with Crippen molar-refractivity contribution in [2.45, 2.75) is 51.1 Å². The Balaban J connectivity index is 1.62. The summed E-state index contributed by atoms with van der Waals surface area (Å²) in [4.78, 5) is 11.3. The van der Waals surface area contributed by atoms with Gasteiger partial charge in [-0.1, -0.05) is 31.0 Å². The Morgan fingerprint density at radius 2 is 1.95 bits per heavy atom. The van der Waals surface area contributed by atoms with E-state index in [-0.39, 0.29) is 0 Å². The molecule has 0 spiro atoms. The maximum absolute atomic E-state index is 4.52. The molecule has 4 nitrogen and oxygen atoms in total. The molecule has 2 aromatic rings. The highest BCUT2D eigenvalue weighted by Crippen LogP contribution is 2.37. The molecule has 4 heteroatoms. The summed E-state index contributed by atoms with van der Waals surface area (Å²) in [5.41, 5.74) is 2.68. The summed E-state index contributed by atoms with van der Waals surface area (Å²) in [7, 11) is 0. The molecule has 0 bridgehead atoms. The summed E-state index contributed by atoms with van der Waals surface area (Å²) in [5, 5.41) is 3.57. The van der Waals surface area contributed by atoms with E-state index in [0.29, 0.717) is 12.1 Å². The second-order valence-corrected chi connectivity index (χ2v) is 6.44. The number of aromatic nitrogens is 2. The predicted molar refractivity (Wildman–Crippen MR) is 89.7 cm³/mol. The minimum atomic E-state index is 0.437. The molecule has 1 atom stereocenters. The van der Waals surface area contributed by atoms with Gasteiger partial charge in [0.15, 0.2) is 0 Å². The second-order valence-electron chi connectivity index (χ2n) is 6.44. The first kappa shape index (κ1) is 13.6. The molecule has 22 heavy (non-hydrogen) atoms. The van der Waals surface area contributed by atoms with Gasteiger partial charge in [-0.2, -0.15) is 0 Å². The van der Waals surface area contributed by atoms with E-state index in [2.05, 4.69) is 57.4 Å². The number of rotatable bonds is 3. The number of para-hydroxylation sites is 1. The van der Waals surface area contributed by atoms with E-state index in [1.54, 1.807) is 6.33 Å². The third-order valence-corrected chi connectivity index (χ3v) is 4.81. The SMILES string of the molecule is CC1Cc2ccccc2N1c1cc(NC2CCCC2)ncn1. The Bertz CT molecular complexity index is 664. The molecule has 1 N–H and O–H groups in total. The average molecular weight is 294 g/mol. The van der Waals surface area contributed by atoms with Crippen LogP contribution in [0.4, 0.5) is 17.3 Å². The fourth-order valence-corrected chi connectivity index (χ4v) is 3.75. The Labute approximate surface area is 131 Å². The smallest absolute Gasteiger partial charge is 0.138 e. The zero-order chi connectivity index (χ0) is 14.9. The quantitative estimate of drug-likeness (QED) is 0.931. The minimum absolute atomic E-state index is 0.437. The van der Waals surface area contributed by atoms with Crippen LogP contribution in [0.3, 0.4) is 0 Å². The third-order valence-electron chi connectivity index (χ3n) is 4.81. The Morgan fingerprint density at radius 1 is 1.14 bits per heavy atom. The number of hydrogen-bond acceptors (Lipinski definition) is 4. The molecule has 0 radical (unpaired) electrons. The molecule has 4 rings (SSSR count). The van der Waals surface area contributed by atoms with E-state index < -0.39 is 0 Å². The van der Waals surface area contributed by atoms with Gasteiger partial charge in [-0.3, -0.25) is 0 Å². The molecule has 114 valence electrons. The van der Waals surface area contributed by atoms with Crippen molar-refractivity contribution in [3.63, 3.8) is 0 Å². The molecule has 1 unspecified atom stereocenters. The maximum Gasteiger partial charge on any atom is 0.138 e. The highest BCUT2D eigenvalue weighted by atomic mass is 15.2. The van der Waals surface area contributed by atoms with Crippen LogP contribution in [0.1, 0.15) is 38.2 Å². The lowest BCUT2D eigenvalue weighted by atomic mass is 10.1. The van der Waals surface area contributed by atoms with Crippen LogP contribution in [0.2, 0.25) is 0 Å². The van der Waals surface area contributed by atoms with E-state index in [0.717, 1.165) is 18.1 Å². The summed E-state index contributed by atoms with van der Waals surface area (Å²) < 4.78 is 0. The molecular weight excluding hydrogens is 272 g/mol. The van der Waals surface area contributed by atoms with Crippen molar-refractivity contribution in [1.29, 1.82) is 0 Å². The predicted octanol–water partition coefficient (Wildman–Crippen LogP) is 3.91. The first-order valence-electron chi connectivity index (χ1n) is 8.27. The second kappa shape index (κ2) is 5.59. The first-order chi connectivity index (χ1) is 10.8. The van der Waals surface area contributed by atoms with Crippen LogP contribution in [-0.4, -0.2) is 22.1 Å². The van der Waals surface area contributed by atoms with Crippen molar-refractivity contribution < 1.29 is 0 Å². The summed E-state index contributed by atoms with van der Waals surface area (Å²) >= 11 is 0. The minimum Gasteiger partial charge on any atom is -0.367 e. The molecule has 1 saturated carbocycles. The lowest BCUT2D eigenvalue weighted by Gasteiger charge is -2.24. The Kier molecular flexibility index (Phi) is 3.45.